The zero-order chi connectivity index (χ0) is 25.8. The number of aryl methyl sites for hydroxylation is 1. The van der Waals surface area contributed by atoms with Crippen molar-refractivity contribution < 1.29 is 19.1 Å². The summed E-state index contributed by atoms with van der Waals surface area (Å²) >= 11 is 5.75. The predicted octanol–water partition coefficient (Wildman–Crippen LogP) is 4.20. The highest BCUT2D eigenvalue weighted by Crippen LogP contribution is 2.41. The van der Waals surface area contributed by atoms with Crippen LogP contribution in [-0.4, -0.2) is 52.3 Å². The molecule has 1 aromatic carbocycles. The number of aromatic nitrogens is 2. The van der Waals surface area contributed by atoms with Crippen LogP contribution in [-0.2, 0) is 14.3 Å². The number of hydrogen-bond acceptors (Lipinski definition) is 6. The SMILES string of the molecule is COC(=O)CCCN1C(=S)N[C@H](c2ccccn2)[C@H]1c1cc(C)n(-c2ccc(C(=O)OC)cc2)c1C. The van der Waals surface area contributed by atoms with Crippen molar-refractivity contribution in [3.63, 3.8) is 0 Å². The van der Waals surface area contributed by atoms with Crippen LogP contribution >= 0.6 is 12.2 Å². The second-order valence-corrected chi connectivity index (χ2v) is 9.09. The fourth-order valence-electron chi connectivity index (χ4n) is 4.83. The highest BCUT2D eigenvalue weighted by molar-refractivity contribution is 7.80. The summed E-state index contributed by atoms with van der Waals surface area (Å²) in [6.45, 7) is 4.75. The summed E-state index contributed by atoms with van der Waals surface area (Å²) in [5, 5.41) is 4.09. The molecule has 4 rings (SSSR count). The van der Waals surface area contributed by atoms with Crippen molar-refractivity contribution in [3.8, 4) is 5.69 Å². The second kappa shape index (κ2) is 10.9. The first-order chi connectivity index (χ1) is 17.3. The van der Waals surface area contributed by atoms with E-state index in [2.05, 4.69) is 39.7 Å². The summed E-state index contributed by atoms with van der Waals surface area (Å²) in [7, 11) is 2.77. The van der Waals surface area contributed by atoms with Gasteiger partial charge in [-0.15, -0.1) is 0 Å². The van der Waals surface area contributed by atoms with Gasteiger partial charge in [0, 0.05) is 36.2 Å². The van der Waals surface area contributed by atoms with E-state index in [9.17, 15) is 9.59 Å². The van der Waals surface area contributed by atoms with Gasteiger partial charge in [-0.05, 0) is 80.5 Å². The molecule has 0 radical (unpaired) electrons. The van der Waals surface area contributed by atoms with Gasteiger partial charge in [0.1, 0.15) is 0 Å². The number of thiocarbonyl (C=S) groups is 1. The maximum absolute atomic E-state index is 11.9. The second-order valence-electron chi connectivity index (χ2n) is 8.70. The number of methoxy groups -OCH3 is 2. The number of nitrogens with one attached hydrogen (secondary N) is 1. The Balaban J connectivity index is 1.72. The highest BCUT2D eigenvalue weighted by Gasteiger charge is 2.41. The van der Waals surface area contributed by atoms with Crippen molar-refractivity contribution in [2.24, 2.45) is 0 Å². The lowest BCUT2D eigenvalue weighted by Crippen LogP contribution is -2.31. The van der Waals surface area contributed by atoms with Gasteiger partial charge >= 0.3 is 11.9 Å². The van der Waals surface area contributed by atoms with Gasteiger partial charge in [-0.1, -0.05) is 6.07 Å². The Kier molecular flexibility index (Phi) is 7.69. The lowest BCUT2D eigenvalue weighted by molar-refractivity contribution is -0.140. The lowest BCUT2D eigenvalue weighted by Gasteiger charge is -2.28. The number of ether oxygens (including phenoxy) is 2. The average Bonchev–Trinajstić information content (AvgIpc) is 3.38. The van der Waals surface area contributed by atoms with Crippen molar-refractivity contribution in [1.82, 2.24) is 19.8 Å². The molecular weight excluding hydrogens is 476 g/mol. The average molecular weight is 507 g/mol. The Bertz CT molecular complexity index is 1260. The molecule has 188 valence electrons. The molecule has 0 aliphatic carbocycles. The van der Waals surface area contributed by atoms with Crippen molar-refractivity contribution in [2.45, 2.75) is 38.8 Å². The van der Waals surface area contributed by atoms with Gasteiger partial charge in [0.25, 0.3) is 0 Å². The minimum absolute atomic E-state index is 0.112. The number of rotatable bonds is 8. The van der Waals surface area contributed by atoms with Gasteiger partial charge in [-0.3, -0.25) is 9.78 Å². The van der Waals surface area contributed by atoms with Gasteiger partial charge in [0.05, 0.1) is 37.6 Å². The molecule has 0 spiro atoms. The van der Waals surface area contributed by atoms with Crippen LogP contribution in [0.3, 0.4) is 0 Å². The number of esters is 2. The van der Waals surface area contributed by atoms with E-state index in [0.29, 0.717) is 30.1 Å². The van der Waals surface area contributed by atoms with Crippen LogP contribution in [0.25, 0.3) is 5.69 Å². The molecule has 2 aromatic heterocycles. The van der Waals surface area contributed by atoms with Gasteiger partial charge in [0.15, 0.2) is 5.11 Å². The molecule has 1 fully saturated rings. The fraction of sp³-hybridized carbons (Fsp3) is 0.333. The molecule has 1 saturated heterocycles. The normalized spacial score (nSPS) is 17.1. The third-order valence-electron chi connectivity index (χ3n) is 6.54. The minimum Gasteiger partial charge on any atom is -0.469 e. The molecular formula is C27H30N4O4S. The Morgan fingerprint density at radius 2 is 1.83 bits per heavy atom. The smallest absolute Gasteiger partial charge is 0.337 e. The lowest BCUT2D eigenvalue weighted by atomic mass is 9.96. The summed E-state index contributed by atoms with van der Waals surface area (Å²) in [6, 6.07) is 15.1. The van der Waals surface area contributed by atoms with Gasteiger partial charge in [-0.2, -0.15) is 0 Å². The topological polar surface area (TPSA) is 85.7 Å². The number of pyridine rings is 1. The fourth-order valence-corrected chi connectivity index (χ4v) is 5.16. The number of nitrogens with zero attached hydrogens (tertiary/aromatic N) is 3. The standard InChI is InChI=1S/C27H30N4O4S/c1-17-16-21(18(2)31(17)20-12-10-19(11-13-20)26(33)35-4)25-24(22-8-5-6-14-28-22)29-27(36)30(25)15-7-9-23(32)34-3/h5-6,8,10-14,16,24-25H,7,9,15H2,1-4H3,(H,29,36)/t24-,25-/m1/s1. The van der Waals surface area contributed by atoms with Crippen LogP contribution < -0.4 is 5.32 Å². The number of hydrogen-bond donors (Lipinski definition) is 1. The molecule has 3 heterocycles. The largest absolute Gasteiger partial charge is 0.469 e. The van der Waals surface area contributed by atoms with Gasteiger partial charge < -0.3 is 24.3 Å². The minimum atomic E-state index is -0.366. The number of carbonyl (C=O) groups is 2. The summed E-state index contributed by atoms with van der Waals surface area (Å²) in [4.78, 5) is 30.3. The third kappa shape index (κ3) is 4.97. The van der Waals surface area contributed by atoms with E-state index in [1.54, 1.807) is 18.3 Å². The maximum Gasteiger partial charge on any atom is 0.337 e. The van der Waals surface area contributed by atoms with Crippen molar-refractivity contribution in [1.29, 1.82) is 0 Å². The van der Waals surface area contributed by atoms with Crippen molar-refractivity contribution >= 4 is 29.3 Å². The molecule has 0 amide bonds. The molecule has 36 heavy (non-hydrogen) atoms. The molecule has 9 heteroatoms. The first kappa shape index (κ1) is 25.4. The van der Waals surface area contributed by atoms with Crippen molar-refractivity contribution in [3.05, 3.63) is 82.9 Å². The molecule has 0 bridgehead atoms. The first-order valence-electron chi connectivity index (χ1n) is 11.8. The molecule has 1 aliphatic rings. The van der Waals surface area contributed by atoms with Crippen LogP contribution in [0.5, 0.6) is 0 Å². The van der Waals surface area contributed by atoms with Crippen LogP contribution in [0.2, 0.25) is 0 Å². The zero-order valence-corrected chi connectivity index (χ0v) is 21.7. The van der Waals surface area contributed by atoms with E-state index in [-0.39, 0.29) is 24.0 Å². The molecule has 1 N–H and O–H groups in total. The van der Waals surface area contributed by atoms with E-state index in [0.717, 1.165) is 28.3 Å². The summed E-state index contributed by atoms with van der Waals surface area (Å²) in [5.41, 5.74) is 5.58. The monoisotopic (exact) mass is 506 g/mol. The molecule has 0 unspecified atom stereocenters. The highest BCUT2D eigenvalue weighted by atomic mass is 32.1. The Morgan fingerprint density at radius 3 is 2.47 bits per heavy atom. The number of carbonyl (C=O) groups excluding carboxylic acids is 2. The molecule has 3 aromatic rings. The van der Waals surface area contributed by atoms with E-state index in [1.807, 2.05) is 30.3 Å². The Morgan fingerprint density at radius 1 is 1.08 bits per heavy atom. The zero-order valence-electron chi connectivity index (χ0n) is 20.9. The summed E-state index contributed by atoms with van der Waals surface area (Å²) in [6.07, 6.45) is 2.72. The van der Waals surface area contributed by atoms with Gasteiger partial charge in [0.2, 0.25) is 0 Å². The molecule has 8 nitrogen and oxygen atoms in total. The Hall–Kier alpha value is -3.72. The number of benzene rings is 1. The summed E-state index contributed by atoms with van der Waals surface area (Å²) < 4.78 is 11.8. The molecule has 0 saturated carbocycles. The van der Waals surface area contributed by atoms with E-state index < -0.39 is 0 Å². The van der Waals surface area contributed by atoms with E-state index in [4.69, 9.17) is 21.7 Å². The van der Waals surface area contributed by atoms with E-state index >= 15 is 0 Å². The van der Waals surface area contributed by atoms with E-state index in [1.165, 1.54) is 14.2 Å². The van der Waals surface area contributed by atoms with Crippen LogP contribution in [0.4, 0.5) is 0 Å². The maximum atomic E-state index is 11.9. The van der Waals surface area contributed by atoms with Crippen LogP contribution in [0.1, 0.15) is 57.9 Å². The van der Waals surface area contributed by atoms with Gasteiger partial charge in [-0.25, -0.2) is 4.79 Å². The van der Waals surface area contributed by atoms with Crippen molar-refractivity contribution in [2.75, 3.05) is 20.8 Å². The quantitative estimate of drug-likeness (QED) is 0.359. The molecule has 2 atom stereocenters. The van der Waals surface area contributed by atoms with Crippen LogP contribution in [0, 0.1) is 13.8 Å². The predicted molar refractivity (Wildman–Crippen MR) is 140 cm³/mol. The summed E-state index contributed by atoms with van der Waals surface area (Å²) in [5.74, 6) is -0.603. The third-order valence-corrected chi connectivity index (χ3v) is 6.89. The molecule has 1 aliphatic heterocycles. The van der Waals surface area contributed by atoms with Crippen LogP contribution in [0.15, 0.2) is 54.7 Å². The first-order valence-corrected chi connectivity index (χ1v) is 12.2. The Labute approximate surface area is 216 Å².